The van der Waals surface area contributed by atoms with Crippen molar-refractivity contribution in [1.29, 1.82) is 0 Å². The molecule has 0 spiro atoms. The third-order valence-electron chi connectivity index (χ3n) is 1.80. The molecule has 1 rings (SSSR count). The number of hydrogen-bond acceptors (Lipinski definition) is 2. The molecule has 1 aromatic carbocycles. The SMILES string of the molecule is [C-]#[N+]c1cc(NS(C)(=O)=O)ccc1/C=C/C. The molecule has 0 bridgehead atoms. The largest absolute Gasteiger partial charge is 0.285 e. The Morgan fingerprint density at radius 2 is 2.12 bits per heavy atom. The van der Waals surface area contributed by atoms with Crippen LogP contribution in [0.3, 0.4) is 0 Å². The molecule has 0 atom stereocenters. The van der Waals surface area contributed by atoms with Crippen LogP contribution in [0.2, 0.25) is 0 Å². The molecule has 0 amide bonds. The molecule has 0 unspecified atom stereocenters. The molecule has 5 heteroatoms. The van der Waals surface area contributed by atoms with E-state index in [2.05, 4.69) is 9.57 Å². The Labute approximate surface area is 95.5 Å². The lowest BCUT2D eigenvalue weighted by Crippen LogP contribution is -2.09. The average Bonchev–Trinajstić information content (AvgIpc) is 2.18. The zero-order valence-electron chi connectivity index (χ0n) is 9.06. The van der Waals surface area contributed by atoms with Gasteiger partial charge in [-0.25, -0.2) is 13.3 Å². The lowest BCUT2D eigenvalue weighted by molar-refractivity contribution is 0.607. The first-order chi connectivity index (χ1) is 7.46. The standard InChI is InChI=1S/C11H12N2O2S/c1-4-5-9-6-7-10(8-11(9)12-2)13-16(3,14)15/h4-8,13H,1,3H3/b5-4+. The molecule has 4 nitrogen and oxygen atoms in total. The van der Waals surface area contributed by atoms with Crippen molar-refractivity contribution in [3.63, 3.8) is 0 Å². The van der Waals surface area contributed by atoms with Crippen LogP contribution in [0.5, 0.6) is 0 Å². The summed E-state index contributed by atoms with van der Waals surface area (Å²) in [6.07, 6.45) is 4.70. The minimum atomic E-state index is -3.30. The summed E-state index contributed by atoms with van der Waals surface area (Å²) in [6, 6.07) is 4.86. The molecular formula is C11H12N2O2S. The number of nitrogens with zero attached hydrogens (tertiary/aromatic N) is 1. The molecule has 0 aromatic heterocycles. The Bertz CT molecular complexity index is 554. The van der Waals surface area contributed by atoms with Crippen LogP contribution in [0, 0.1) is 6.57 Å². The minimum absolute atomic E-state index is 0.404. The van der Waals surface area contributed by atoms with E-state index in [0.717, 1.165) is 11.8 Å². The van der Waals surface area contributed by atoms with Crippen molar-refractivity contribution in [2.24, 2.45) is 0 Å². The second-order valence-electron chi connectivity index (χ2n) is 3.26. The molecule has 0 radical (unpaired) electrons. The molecule has 1 aromatic rings. The predicted octanol–water partition coefficient (Wildman–Crippen LogP) is 2.64. The van der Waals surface area contributed by atoms with Gasteiger partial charge < -0.3 is 0 Å². The Balaban J connectivity index is 3.15. The molecule has 84 valence electrons. The van der Waals surface area contributed by atoms with Crippen LogP contribution in [0.4, 0.5) is 11.4 Å². The van der Waals surface area contributed by atoms with Crippen molar-refractivity contribution in [3.05, 3.63) is 41.3 Å². The summed E-state index contributed by atoms with van der Waals surface area (Å²) in [5, 5.41) is 0. The summed E-state index contributed by atoms with van der Waals surface area (Å²) in [4.78, 5) is 3.34. The predicted molar refractivity (Wildman–Crippen MR) is 65.9 cm³/mol. The van der Waals surface area contributed by atoms with Crippen molar-refractivity contribution >= 4 is 27.5 Å². The number of nitrogens with one attached hydrogen (secondary N) is 1. The van der Waals surface area contributed by atoms with Crippen molar-refractivity contribution in [1.82, 2.24) is 0 Å². The number of rotatable bonds is 3. The number of hydrogen-bond donors (Lipinski definition) is 1. The second kappa shape index (κ2) is 4.81. The van der Waals surface area contributed by atoms with Gasteiger partial charge in [0.2, 0.25) is 10.0 Å². The van der Waals surface area contributed by atoms with Crippen molar-refractivity contribution in [3.8, 4) is 0 Å². The second-order valence-corrected chi connectivity index (χ2v) is 5.01. The lowest BCUT2D eigenvalue weighted by Gasteiger charge is -2.05. The van der Waals surface area contributed by atoms with Crippen LogP contribution in [0.25, 0.3) is 10.9 Å². The summed E-state index contributed by atoms with van der Waals surface area (Å²) < 4.78 is 24.3. The third kappa shape index (κ3) is 3.41. The normalized spacial score (nSPS) is 11.3. The molecule has 0 saturated heterocycles. The molecule has 0 aliphatic rings. The lowest BCUT2D eigenvalue weighted by atomic mass is 10.1. The monoisotopic (exact) mass is 236 g/mol. The van der Waals surface area contributed by atoms with Gasteiger partial charge in [-0.15, -0.1) is 0 Å². The van der Waals surface area contributed by atoms with Gasteiger partial charge in [-0.05, 0) is 24.6 Å². The van der Waals surface area contributed by atoms with E-state index in [-0.39, 0.29) is 0 Å². The first-order valence-electron chi connectivity index (χ1n) is 4.58. The number of sulfonamides is 1. The summed E-state index contributed by atoms with van der Waals surface area (Å²) in [6.45, 7) is 8.86. The Hall–Kier alpha value is -1.80. The molecule has 0 aliphatic carbocycles. The van der Waals surface area contributed by atoms with E-state index in [1.165, 1.54) is 6.07 Å². The van der Waals surface area contributed by atoms with E-state index in [1.54, 1.807) is 18.2 Å². The average molecular weight is 236 g/mol. The van der Waals surface area contributed by atoms with E-state index in [0.29, 0.717) is 11.4 Å². The third-order valence-corrected chi connectivity index (χ3v) is 2.41. The van der Waals surface area contributed by atoms with Gasteiger partial charge in [0.15, 0.2) is 5.69 Å². The molecule has 1 N–H and O–H groups in total. The van der Waals surface area contributed by atoms with Crippen LogP contribution < -0.4 is 4.72 Å². The fourth-order valence-corrected chi connectivity index (χ4v) is 1.79. The minimum Gasteiger partial charge on any atom is -0.285 e. The smallest absolute Gasteiger partial charge is 0.229 e. The number of benzene rings is 1. The molecule has 0 aliphatic heterocycles. The molecule has 0 heterocycles. The van der Waals surface area contributed by atoms with E-state index < -0.39 is 10.0 Å². The van der Waals surface area contributed by atoms with Crippen molar-refractivity contribution < 1.29 is 8.42 Å². The maximum Gasteiger partial charge on any atom is 0.229 e. The van der Waals surface area contributed by atoms with E-state index in [9.17, 15) is 8.42 Å². The van der Waals surface area contributed by atoms with Crippen LogP contribution in [0.1, 0.15) is 12.5 Å². The highest BCUT2D eigenvalue weighted by molar-refractivity contribution is 7.92. The van der Waals surface area contributed by atoms with Gasteiger partial charge in [-0.1, -0.05) is 18.2 Å². The first-order valence-corrected chi connectivity index (χ1v) is 6.47. The van der Waals surface area contributed by atoms with E-state index in [1.807, 2.05) is 13.0 Å². The van der Waals surface area contributed by atoms with Crippen LogP contribution >= 0.6 is 0 Å². The highest BCUT2D eigenvalue weighted by Gasteiger charge is 2.05. The van der Waals surface area contributed by atoms with Crippen molar-refractivity contribution in [2.45, 2.75) is 6.92 Å². The van der Waals surface area contributed by atoms with Crippen LogP contribution in [-0.4, -0.2) is 14.7 Å². The summed E-state index contributed by atoms with van der Waals surface area (Å²) in [5.41, 5.74) is 1.60. The number of anilines is 1. The first kappa shape index (κ1) is 12.3. The van der Waals surface area contributed by atoms with Crippen LogP contribution in [0.15, 0.2) is 24.3 Å². The fraction of sp³-hybridized carbons (Fsp3) is 0.182. The summed E-state index contributed by atoms with van der Waals surface area (Å²) in [7, 11) is -3.30. The van der Waals surface area contributed by atoms with E-state index >= 15 is 0 Å². The quantitative estimate of drug-likeness (QED) is 0.820. The maximum atomic E-state index is 11.0. The van der Waals surface area contributed by atoms with Gasteiger partial charge >= 0.3 is 0 Å². The van der Waals surface area contributed by atoms with Gasteiger partial charge in [-0.2, -0.15) is 0 Å². The van der Waals surface area contributed by atoms with Crippen LogP contribution in [-0.2, 0) is 10.0 Å². The van der Waals surface area contributed by atoms with Gasteiger partial charge in [0.05, 0.1) is 12.8 Å². The van der Waals surface area contributed by atoms with E-state index in [4.69, 9.17) is 6.57 Å². The summed E-state index contributed by atoms with van der Waals surface area (Å²) >= 11 is 0. The Morgan fingerprint density at radius 1 is 1.44 bits per heavy atom. The van der Waals surface area contributed by atoms with Gasteiger partial charge in [0.25, 0.3) is 0 Å². The van der Waals surface area contributed by atoms with Gasteiger partial charge in [0, 0.05) is 5.69 Å². The Kier molecular flexibility index (Phi) is 3.69. The summed E-state index contributed by atoms with van der Waals surface area (Å²) in [5.74, 6) is 0. The van der Waals surface area contributed by atoms with Gasteiger partial charge in [-0.3, -0.25) is 4.72 Å². The van der Waals surface area contributed by atoms with Gasteiger partial charge in [0.1, 0.15) is 0 Å². The molecular weight excluding hydrogens is 224 g/mol. The molecule has 0 saturated carbocycles. The number of allylic oxidation sites excluding steroid dienone is 1. The highest BCUT2D eigenvalue weighted by atomic mass is 32.2. The maximum absolute atomic E-state index is 11.0. The topological polar surface area (TPSA) is 50.5 Å². The highest BCUT2D eigenvalue weighted by Crippen LogP contribution is 2.25. The van der Waals surface area contributed by atoms with Crippen molar-refractivity contribution in [2.75, 3.05) is 11.0 Å². The molecule has 0 fully saturated rings. The fourth-order valence-electron chi connectivity index (χ4n) is 1.24. The zero-order valence-corrected chi connectivity index (χ0v) is 9.88. The zero-order chi connectivity index (χ0) is 12.2. The molecule has 16 heavy (non-hydrogen) atoms. The Morgan fingerprint density at radius 3 is 2.62 bits per heavy atom.